The smallest absolute Gasteiger partial charge is 0.408 e. The zero-order chi connectivity index (χ0) is 29.4. The van der Waals surface area contributed by atoms with E-state index >= 15 is 0 Å². The molecule has 0 bridgehead atoms. The lowest BCUT2D eigenvalue weighted by Gasteiger charge is -2.35. The van der Waals surface area contributed by atoms with Gasteiger partial charge in [-0.25, -0.2) is 4.79 Å². The first-order valence-corrected chi connectivity index (χ1v) is 16.0. The van der Waals surface area contributed by atoms with Gasteiger partial charge in [0.05, 0.1) is 0 Å². The number of carbonyl (C=O) groups excluding carboxylic acids is 3. The molecule has 0 spiro atoms. The maximum absolute atomic E-state index is 14.2. The van der Waals surface area contributed by atoms with Crippen molar-refractivity contribution in [3.8, 4) is 0 Å². The molecule has 0 saturated carbocycles. The van der Waals surface area contributed by atoms with Crippen molar-refractivity contribution in [2.24, 2.45) is 0 Å². The highest BCUT2D eigenvalue weighted by molar-refractivity contribution is 7.98. The fourth-order valence-electron chi connectivity index (χ4n) is 4.29. The highest BCUT2D eigenvalue weighted by Gasteiger charge is 2.36. The summed E-state index contributed by atoms with van der Waals surface area (Å²) in [6, 6.07) is 4.39. The summed E-state index contributed by atoms with van der Waals surface area (Å²) in [5.41, 5.74) is 2.30. The van der Waals surface area contributed by atoms with Crippen LogP contribution >= 0.6 is 11.8 Å². The van der Waals surface area contributed by atoms with Crippen LogP contribution in [0.15, 0.2) is 18.2 Å². The van der Waals surface area contributed by atoms with E-state index in [9.17, 15) is 14.4 Å². The lowest BCUT2D eigenvalue weighted by molar-refractivity contribution is -0.142. The fourth-order valence-corrected chi connectivity index (χ4v) is 4.76. The lowest BCUT2D eigenvalue weighted by Crippen LogP contribution is -2.53. The highest BCUT2D eigenvalue weighted by atomic mass is 32.2. The van der Waals surface area contributed by atoms with E-state index in [2.05, 4.69) is 24.5 Å². The van der Waals surface area contributed by atoms with Crippen LogP contribution in [0.4, 0.5) is 4.79 Å². The number of benzene rings is 1. The number of aryl methyl sites for hydroxylation is 2. The number of hydrogen-bond donors (Lipinski definition) is 2. The van der Waals surface area contributed by atoms with E-state index in [0.29, 0.717) is 25.3 Å². The van der Waals surface area contributed by atoms with E-state index in [-0.39, 0.29) is 11.8 Å². The second-order valence-corrected chi connectivity index (χ2v) is 12.3. The van der Waals surface area contributed by atoms with Crippen molar-refractivity contribution < 1.29 is 19.1 Å². The number of nitrogens with zero attached hydrogens (tertiary/aromatic N) is 1. The van der Waals surface area contributed by atoms with Crippen LogP contribution < -0.4 is 10.6 Å². The van der Waals surface area contributed by atoms with Gasteiger partial charge in [-0.2, -0.15) is 11.8 Å². The van der Waals surface area contributed by atoms with E-state index in [1.165, 1.54) is 0 Å². The molecule has 0 radical (unpaired) electrons. The van der Waals surface area contributed by atoms with Gasteiger partial charge in [-0.15, -0.1) is 0 Å². The Labute approximate surface area is 241 Å². The summed E-state index contributed by atoms with van der Waals surface area (Å²) < 4.78 is 5.48. The van der Waals surface area contributed by atoms with Crippen molar-refractivity contribution in [1.82, 2.24) is 15.5 Å². The van der Waals surface area contributed by atoms with Gasteiger partial charge in [-0.05, 0) is 82.6 Å². The van der Waals surface area contributed by atoms with Crippen LogP contribution in [0, 0.1) is 13.8 Å². The van der Waals surface area contributed by atoms with E-state index in [1.807, 2.05) is 38.3 Å². The third-order valence-electron chi connectivity index (χ3n) is 6.62. The SMILES string of the molecule is CCCCCCCN(C(=O)C(CCSC)NC(=O)OC(C)(C)C)C(C(=O)NCCCC)c1ccc(C)c(C)c1. The first kappa shape index (κ1) is 34.8. The molecule has 0 aromatic heterocycles. The van der Waals surface area contributed by atoms with E-state index in [4.69, 9.17) is 4.74 Å². The van der Waals surface area contributed by atoms with Crippen LogP contribution in [0.3, 0.4) is 0 Å². The fraction of sp³-hybridized carbons (Fsp3) is 0.710. The maximum atomic E-state index is 14.2. The van der Waals surface area contributed by atoms with Crippen molar-refractivity contribution in [3.63, 3.8) is 0 Å². The topological polar surface area (TPSA) is 87.7 Å². The van der Waals surface area contributed by atoms with Gasteiger partial charge in [0.15, 0.2) is 0 Å². The molecule has 7 nitrogen and oxygen atoms in total. The molecule has 8 heteroatoms. The third-order valence-corrected chi connectivity index (χ3v) is 7.27. The first-order valence-electron chi connectivity index (χ1n) is 14.6. The lowest BCUT2D eigenvalue weighted by atomic mass is 9.97. The van der Waals surface area contributed by atoms with Gasteiger partial charge < -0.3 is 20.3 Å². The molecule has 2 atom stereocenters. The second-order valence-electron chi connectivity index (χ2n) is 11.3. The number of nitrogens with one attached hydrogen (secondary N) is 2. The van der Waals surface area contributed by atoms with E-state index in [1.54, 1.807) is 37.4 Å². The molecule has 0 aliphatic carbocycles. The van der Waals surface area contributed by atoms with Crippen LogP contribution in [0.1, 0.15) is 109 Å². The standard InChI is InChI=1S/C31H53N3O4S/c1-9-11-13-14-15-20-34(29(36)26(18-21-39-8)33-30(37)38-31(5,6)7)27(28(35)32-19-12-10-2)25-17-16-23(3)24(4)22-25/h16-17,22,26-27H,9-15,18-21H2,1-8H3,(H,32,35)(H,33,37). The Kier molecular flexibility index (Phi) is 16.2. The van der Waals surface area contributed by atoms with Crippen LogP contribution in [-0.4, -0.2) is 59.5 Å². The van der Waals surface area contributed by atoms with Crippen molar-refractivity contribution in [1.29, 1.82) is 0 Å². The number of carbonyl (C=O) groups is 3. The minimum atomic E-state index is -0.791. The number of hydrogen-bond acceptors (Lipinski definition) is 5. The Balaban J connectivity index is 3.46. The molecule has 1 aromatic carbocycles. The minimum Gasteiger partial charge on any atom is -0.444 e. The van der Waals surface area contributed by atoms with Crippen molar-refractivity contribution in [2.45, 2.75) is 118 Å². The number of rotatable bonds is 17. The zero-order valence-electron chi connectivity index (χ0n) is 25.7. The average molecular weight is 564 g/mol. The number of thioether (sulfide) groups is 1. The highest BCUT2D eigenvalue weighted by Crippen LogP contribution is 2.26. The molecule has 39 heavy (non-hydrogen) atoms. The van der Waals surface area contributed by atoms with Gasteiger partial charge in [-0.1, -0.05) is 64.2 Å². The molecule has 0 aliphatic heterocycles. The number of unbranched alkanes of at least 4 members (excludes halogenated alkanes) is 5. The summed E-state index contributed by atoms with van der Waals surface area (Å²) in [7, 11) is 0. The molecule has 2 N–H and O–H groups in total. The first-order chi connectivity index (χ1) is 18.4. The van der Waals surface area contributed by atoms with Gasteiger partial charge >= 0.3 is 6.09 Å². The van der Waals surface area contributed by atoms with Crippen LogP contribution in [0.2, 0.25) is 0 Å². The predicted molar refractivity (Wildman–Crippen MR) is 163 cm³/mol. The summed E-state index contributed by atoms with van der Waals surface area (Å²) in [6.45, 7) is 14.7. The quantitative estimate of drug-likeness (QED) is 0.206. The van der Waals surface area contributed by atoms with E-state index in [0.717, 1.165) is 61.6 Å². The van der Waals surface area contributed by atoms with Crippen molar-refractivity contribution >= 4 is 29.7 Å². The number of ether oxygens (including phenoxy) is 1. The molecule has 3 amide bonds. The molecule has 1 rings (SSSR count). The minimum absolute atomic E-state index is 0.186. The maximum Gasteiger partial charge on any atom is 0.408 e. The largest absolute Gasteiger partial charge is 0.444 e. The second kappa shape index (κ2) is 18.2. The average Bonchev–Trinajstić information content (AvgIpc) is 2.86. The van der Waals surface area contributed by atoms with Gasteiger partial charge in [0.25, 0.3) is 0 Å². The number of alkyl carbamates (subject to hydrolysis) is 1. The molecular formula is C31H53N3O4S. The summed E-state index contributed by atoms with van der Waals surface area (Å²) in [4.78, 5) is 42.4. The van der Waals surface area contributed by atoms with Gasteiger partial charge in [0.1, 0.15) is 17.7 Å². The predicted octanol–water partition coefficient (Wildman–Crippen LogP) is 6.71. The Bertz CT molecular complexity index is 900. The van der Waals surface area contributed by atoms with Gasteiger partial charge in [0.2, 0.25) is 11.8 Å². The van der Waals surface area contributed by atoms with Crippen molar-refractivity contribution in [2.75, 3.05) is 25.1 Å². The molecular weight excluding hydrogens is 510 g/mol. The summed E-state index contributed by atoms with van der Waals surface area (Å²) in [5, 5.41) is 5.89. The Morgan fingerprint density at radius 1 is 0.974 bits per heavy atom. The Morgan fingerprint density at radius 3 is 2.23 bits per heavy atom. The third kappa shape index (κ3) is 13.1. The Hall–Kier alpha value is -2.22. The Morgan fingerprint density at radius 2 is 1.64 bits per heavy atom. The van der Waals surface area contributed by atoms with Crippen LogP contribution in [-0.2, 0) is 14.3 Å². The monoisotopic (exact) mass is 563 g/mol. The summed E-state index contributed by atoms with van der Waals surface area (Å²) >= 11 is 1.61. The normalized spacial score (nSPS) is 12.9. The zero-order valence-corrected chi connectivity index (χ0v) is 26.5. The van der Waals surface area contributed by atoms with Gasteiger partial charge in [0, 0.05) is 13.1 Å². The number of amides is 3. The van der Waals surface area contributed by atoms with Crippen LogP contribution in [0.25, 0.3) is 0 Å². The molecule has 0 saturated heterocycles. The van der Waals surface area contributed by atoms with Crippen LogP contribution in [0.5, 0.6) is 0 Å². The molecule has 0 fully saturated rings. The summed E-state index contributed by atoms with van der Waals surface area (Å²) in [6.07, 6.45) is 8.75. The van der Waals surface area contributed by atoms with E-state index < -0.39 is 23.8 Å². The molecule has 2 unspecified atom stereocenters. The summed E-state index contributed by atoms with van der Waals surface area (Å²) in [5.74, 6) is 0.252. The molecule has 222 valence electrons. The molecule has 0 heterocycles. The van der Waals surface area contributed by atoms with Crippen molar-refractivity contribution in [3.05, 3.63) is 34.9 Å². The molecule has 0 aliphatic rings. The molecule has 1 aromatic rings. The van der Waals surface area contributed by atoms with Gasteiger partial charge in [-0.3, -0.25) is 9.59 Å².